The topological polar surface area (TPSA) is 135 Å². The minimum atomic E-state index is -4.46. The number of esters is 3. The molecule has 10 atom stereocenters. The average Bonchev–Trinajstić information content (AvgIpc) is 3.48. The fourth-order valence-corrected chi connectivity index (χ4v) is 11.7. The monoisotopic (exact) mass is 825 g/mol. The largest absolute Gasteiger partial charge is 0.472 e. The molecule has 57 heavy (non-hydrogen) atoms. The smallest absolute Gasteiger partial charge is 0.462 e. The molecule has 4 aliphatic carbocycles. The number of phosphoric ester groups is 1. The van der Waals surface area contributed by atoms with Gasteiger partial charge in [0, 0.05) is 12.8 Å². The van der Waals surface area contributed by atoms with Gasteiger partial charge in [0.1, 0.15) is 25.9 Å². The van der Waals surface area contributed by atoms with Crippen LogP contribution in [0.1, 0.15) is 151 Å². The molecule has 12 heteroatoms. The van der Waals surface area contributed by atoms with Crippen LogP contribution in [0.25, 0.3) is 0 Å². The van der Waals surface area contributed by atoms with Crippen LogP contribution in [0.3, 0.4) is 0 Å². The number of hydrogen-bond acceptors (Lipinski definition) is 9. The summed E-state index contributed by atoms with van der Waals surface area (Å²) < 4.78 is 40.0. The van der Waals surface area contributed by atoms with Gasteiger partial charge in [0.25, 0.3) is 0 Å². The van der Waals surface area contributed by atoms with Gasteiger partial charge < -0.3 is 23.6 Å². The van der Waals surface area contributed by atoms with E-state index in [0.717, 1.165) is 68.1 Å². The minimum absolute atomic E-state index is 0.0204. The number of phosphoric acid groups is 1. The maximum absolute atomic E-state index is 13.1. The predicted molar refractivity (Wildman–Crippen MR) is 222 cm³/mol. The van der Waals surface area contributed by atoms with Crippen molar-refractivity contribution in [1.29, 1.82) is 0 Å². The molecule has 3 fully saturated rings. The van der Waals surface area contributed by atoms with Crippen molar-refractivity contribution < 1.29 is 51.6 Å². The average molecular weight is 825 g/mol. The lowest BCUT2D eigenvalue weighted by molar-refractivity contribution is -0.870. The Balaban J connectivity index is 1.26. The van der Waals surface area contributed by atoms with Crippen LogP contribution in [0, 0.1) is 46.3 Å². The summed E-state index contributed by atoms with van der Waals surface area (Å²) in [6, 6.07) is 0. The van der Waals surface area contributed by atoms with E-state index in [1.54, 1.807) is 0 Å². The second-order valence-electron chi connectivity index (χ2n) is 20.0. The quantitative estimate of drug-likeness (QED) is 0.0265. The van der Waals surface area contributed by atoms with Crippen molar-refractivity contribution in [2.24, 2.45) is 46.3 Å². The first-order valence-corrected chi connectivity index (χ1v) is 23.9. The number of unbranched alkanes of at least 4 members (excludes halogenated alkanes) is 2. The zero-order valence-corrected chi connectivity index (χ0v) is 38.0. The number of fused-ring (bicyclic) bond motifs is 5. The summed E-state index contributed by atoms with van der Waals surface area (Å²) >= 11 is 0. The summed E-state index contributed by atoms with van der Waals surface area (Å²) in [4.78, 5) is 48.4. The van der Waals surface area contributed by atoms with E-state index in [-0.39, 0.29) is 44.0 Å². The van der Waals surface area contributed by atoms with E-state index in [0.29, 0.717) is 28.8 Å². The van der Waals surface area contributed by atoms with Crippen LogP contribution in [0.5, 0.6) is 0 Å². The zero-order chi connectivity index (χ0) is 42.0. The van der Waals surface area contributed by atoms with E-state index >= 15 is 0 Å². The predicted octanol–water partition coefficient (Wildman–Crippen LogP) is 9.59. The van der Waals surface area contributed by atoms with Gasteiger partial charge in [0.05, 0.1) is 40.6 Å². The Kier molecular flexibility index (Phi) is 17.8. The molecule has 11 nitrogen and oxygen atoms in total. The van der Waals surface area contributed by atoms with Crippen LogP contribution < -0.4 is 0 Å². The molecule has 4 rings (SSSR count). The fourth-order valence-electron chi connectivity index (χ4n) is 11.0. The third-order valence-corrected chi connectivity index (χ3v) is 15.2. The van der Waals surface area contributed by atoms with Crippen molar-refractivity contribution in [3.8, 4) is 0 Å². The molecular weight excluding hydrogens is 745 g/mol. The second-order valence-corrected chi connectivity index (χ2v) is 21.5. The van der Waals surface area contributed by atoms with Crippen molar-refractivity contribution in [3.05, 3.63) is 11.6 Å². The summed E-state index contributed by atoms with van der Waals surface area (Å²) in [7, 11) is 1.30. The Bertz CT molecular complexity index is 1410. The number of rotatable bonds is 23. The summed E-state index contributed by atoms with van der Waals surface area (Å²) in [6.45, 7) is 13.9. The molecule has 4 aliphatic rings. The van der Waals surface area contributed by atoms with Crippen LogP contribution in [0.2, 0.25) is 0 Å². The van der Waals surface area contributed by atoms with Gasteiger partial charge >= 0.3 is 25.7 Å². The molecule has 0 aromatic carbocycles. The van der Waals surface area contributed by atoms with Crippen molar-refractivity contribution in [3.63, 3.8) is 0 Å². The number of allylic oxidation sites excluding steroid dienone is 1. The van der Waals surface area contributed by atoms with Crippen LogP contribution in [0.4, 0.5) is 0 Å². The van der Waals surface area contributed by atoms with Gasteiger partial charge in [-0.15, -0.1) is 0 Å². The zero-order valence-electron chi connectivity index (χ0n) is 37.1. The summed E-state index contributed by atoms with van der Waals surface area (Å²) in [5.41, 5.74) is 2.03. The number of nitrogens with zero attached hydrogens (tertiary/aromatic N) is 1. The number of carbonyl (C=O) groups excluding carboxylic acids is 3. The summed E-state index contributed by atoms with van der Waals surface area (Å²) in [5.74, 6) is 2.98. The third kappa shape index (κ3) is 13.9. The lowest BCUT2D eigenvalue weighted by Crippen LogP contribution is -2.51. The van der Waals surface area contributed by atoms with Crippen LogP contribution in [-0.4, -0.2) is 87.0 Å². The van der Waals surface area contributed by atoms with E-state index < -0.39 is 38.4 Å². The van der Waals surface area contributed by atoms with Gasteiger partial charge in [-0.1, -0.05) is 85.3 Å². The highest BCUT2D eigenvalue weighted by molar-refractivity contribution is 7.47. The van der Waals surface area contributed by atoms with Crippen molar-refractivity contribution in [1.82, 2.24) is 0 Å². The minimum Gasteiger partial charge on any atom is -0.462 e. The Labute approximate surface area is 344 Å². The number of ether oxygens (including phenoxy) is 3. The molecule has 0 heterocycles. The lowest BCUT2D eigenvalue weighted by Gasteiger charge is -2.58. The molecule has 0 amide bonds. The molecule has 0 bridgehead atoms. The van der Waals surface area contributed by atoms with Crippen molar-refractivity contribution >= 4 is 25.7 Å². The first kappa shape index (κ1) is 47.9. The second kappa shape index (κ2) is 21.1. The SMILES string of the molecule is CCCCCC(=O)OCC(COP(=O)(O)OCC[N+](C)(C)C)OC(=O)CCC(=O)O[C@H]1CC[C@@]2(C)C(=CC[C@H]3[C@@H]4CC[C@H]([C@H](C)CCCC(C)C)[C@@]4(C)CC[C@@H]32)C1. The van der Waals surface area contributed by atoms with Crippen molar-refractivity contribution in [2.75, 3.05) is 47.5 Å². The standard InChI is InChI=1S/C45H78NO10P/c1-10-11-12-16-41(47)52-30-36(31-54-57(50,51)53-28-27-46(7,8)9)56-43(49)22-21-42(48)55-35-23-25-44(5)34(29-35)17-18-37-39-20-19-38(33(4)15-13-14-32(2)3)45(39,6)26-24-40(37)44/h17,32-33,35-40H,10-16,18-31H2,1-9H3/p+1/t33-,35+,36?,37+,38-,39+,40+,44+,45-/m1/s1. The maximum Gasteiger partial charge on any atom is 0.472 e. The van der Waals surface area contributed by atoms with Gasteiger partial charge in [-0.2, -0.15) is 0 Å². The van der Waals surface area contributed by atoms with E-state index in [1.807, 2.05) is 28.1 Å². The fraction of sp³-hybridized carbons (Fsp3) is 0.889. The molecule has 0 saturated heterocycles. The Morgan fingerprint density at radius 2 is 1.61 bits per heavy atom. The number of carbonyl (C=O) groups is 3. The van der Waals surface area contributed by atoms with Gasteiger partial charge in [-0.3, -0.25) is 23.4 Å². The highest BCUT2D eigenvalue weighted by atomic mass is 31.2. The molecule has 0 radical (unpaired) electrons. The summed E-state index contributed by atoms with van der Waals surface area (Å²) in [5, 5.41) is 0. The van der Waals surface area contributed by atoms with Crippen molar-refractivity contribution in [2.45, 2.75) is 163 Å². The van der Waals surface area contributed by atoms with Gasteiger partial charge in [0.15, 0.2) is 6.10 Å². The first-order valence-electron chi connectivity index (χ1n) is 22.4. The molecule has 328 valence electrons. The molecular formula is C45H79NO10P+. The van der Waals surface area contributed by atoms with Crippen LogP contribution in [-0.2, 0) is 42.2 Å². The van der Waals surface area contributed by atoms with E-state index in [1.165, 1.54) is 50.5 Å². The Morgan fingerprint density at radius 3 is 2.32 bits per heavy atom. The molecule has 1 N–H and O–H groups in total. The molecule has 0 aliphatic heterocycles. The molecule has 0 aromatic heterocycles. The Hall–Kier alpha value is -1.78. The van der Waals surface area contributed by atoms with Gasteiger partial charge in [0.2, 0.25) is 0 Å². The summed E-state index contributed by atoms with van der Waals surface area (Å²) in [6.07, 6.45) is 16.5. The maximum atomic E-state index is 13.1. The molecule has 3 saturated carbocycles. The Morgan fingerprint density at radius 1 is 0.877 bits per heavy atom. The number of hydrogen-bond donors (Lipinski definition) is 1. The third-order valence-electron chi connectivity index (χ3n) is 14.2. The normalized spacial score (nSPS) is 30.6. The van der Waals surface area contributed by atoms with E-state index in [2.05, 4.69) is 40.7 Å². The molecule has 0 aromatic rings. The van der Waals surface area contributed by atoms with E-state index in [9.17, 15) is 23.8 Å². The van der Waals surface area contributed by atoms with E-state index in [4.69, 9.17) is 23.3 Å². The molecule has 2 unspecified atom stereocenters. The van der Waals surface area contributed by atoms with Gasteiger partial charge in [-0.25, -0.2) is 4.57 Å². The van der Waals surface area contributed by atoms with Crippen LogP contribution in [0.15, 0.2) is 11.6 Å². The van der Waals surface area contributed by atoms with Gasteiger partial charge in [-0.05, 0) is 97.7 Å². The highest BCUT2D eigenvalue weighted by Gasteiger charge is 2.59. The molecule has 0 spiro atoms. The number of quaternary nitrogens is 1. The number of likely N-dealkylation sites (N-methyl/N-ethyl adjacent to an activating group) is 1. The lowest BCUT2D eigenvalue weighted by atomic mass is 9.47. The first-order chi connectivity index (χ1) is 26.8. The highest BCUT2D eigenvalue weighted by Crippen LogP contribution is 2.67. The van der Waals surface area contributed by atoms with Crippen LogP contribution >= 0.6 is 7.82 Å².